The van der Waals surface area contributed by atoms with E-state index in [0.29, 0.717) is 6.04 Å². The second-order valence-corrected chi connectivity index (χ2v) is 5.46. The highest BCUT2D eigenvalue weighted by atomic mass is 32.2. The third kappa shape index (κ3) is 5.41. The maximum Gasteiger partial charge on any atom is 0.128 e. The monoisotopic (exact) mass is 253 g/mol. The van der Waals surface area contributed by atoms with Gasteiger partial charge in [0.05, 0.1) is 0 Å². The molecule has 0 bridgehead atoms. The molecule has 0 saturated heterocycles. The molecule has 1 aromatic rings. The first-order chi connectivity index (χ1) is 8.13. The molecule has 0 saturated carbocycles. The molecule has 1 N–H and O–H groups in total. The van der Waals surface area contributed by atoms with Crippen LogP contribution in [0.2, 0.25) is 0 Å². The third-order valence-corrected chi connectivity index (χ3v) is 3.14. The molecule has 1 aromatic heterocycles. The van der Waals surface area contributed by atoms with Crippen LogP contribution in [-0.2, 0) is 6.54 Å². The summed E-state index contributed by atoms with van der Waals surface area (Å²) in [7, 11) is 2.10. The lowest BCUT2D eigenvalue weighted by Gasteiger charge is -2.18. The van der Waals surface area contributed by atoms with Gasteiger partial charge in [-0.05, 0) is 24.0 Å². The number of hydrogen-bond donors (Lipinski definition) is 1. The van der Waals surface area contributed by atoms with Crippen LogP contribution in [0.3, 0.4) is 0 Å². The van der Waals surface area contributed by atoms with Gasteiger partial charge in [-0.2, -0.15) is 11.8 Å². The van der Waals surface area contributed by atoms with Crippen molar-refractivity contribution in [1.82, 2.24) is 10.3 Å². The number of hydrogen-bond acceptors (Lipinski definition) is 4. The SMILES string of the molecule is CSCCN(C)c1cc(CNC(C)C)ccn1. The standard InChI is InChI=1S/C13H23N3S/c1-11(2)15-10-12-5-6-14-13(9-12)16(3)7-8-17-4/h5-6,9,11,15H,7-8,10H2,1-4H3. The number of rotatable bonds is 7. The summed E-state index contributed by atoms with van der Waals surface area (Å²) in [4.78, 5) is 6.61. The van der Waals surface area contributed by atoms with Crippen LogP contribution in [0.15, 0.2) is 18.3 Å². The minimum absolute atomic E-state index is 0.515. The van der Waals surface area contributed by atoms with Gasteiger partial charge in [0.2, 0.25) is 0 Å². The van der Waals surface area contributed by atoms with Crippen molar-refractivity contribution < 1.29 is 0 Å². The average Bonchev–Trinajstić information content (AvgIpc) is 2.33. The topological polar surface area (TPSA) is 28.2 Å². The average molecular weight is 253 g/mol. The molecule has 0 aromatic carbocycles. The summed E-state index contributed by atoms with van der Waals surface area (Å²) in [6.45, 7) is 6.26. The van der Waals surface area contributed by atoms with Gasteiger partial charge in [-0.1, -0.05) is 13.8 Å². The van der Waals surface area contributed by atoms with E-state index in [0.717, 1.165) is 24.7 Å². The molecule has 0 aliphatic heterocycles. The summed E-state index contributed by atoms with van der Waals surface area (Å²) in [5, 5.41) is 3.42. The molecule has 3 nitrogen and oxygen atoms in total. The lowest BCUT2D eigenvalue weighted by Crippen LogP contribution is -2.23. The van der Waals surface area contributed by atoms with Crippen LogP contribution in [0, 0.1) is 0 Å². The van der Waals surface area contributed by atoms with Crippen molar-refractivity contribution in [3.63, 3.8) is 0 Å². The Morgan fingerprint density at radius 1 is 1.47 bits per heavy atom. The van der Waals surface area contributed by atoms with E-state index >= 15 is 0 Å². The van der Waals surface area contributed by atoms with Gasteiger partial charge >= 0.3 is 0 Å². The highest BCUT2D eigenvalue weighted by Gasteiger charge is 2.03. The van der Waals surface area contributed by atoms with Crippen molar-refractivity contribution in [2.24, 2.45) is 0 Å². The zero-order valence-electron chi connectivity index (χ0n) is 11.2. The summed E-state index contributed by atoms with van der Waals surface area (Å²) >= 11 is 1.86. The van der Waals surface area contributed by atoms with Crippen molar-refractivity contribution >= 4 is 17.6 Å². The molecule has 1 heterocycles. The van der Waals surface area contributed by atoms with E-state index < -0.39 is 0 Å². The summed E-state index contributed by atoms with van der Waals surface area (Å²) < 4.78 is 0. The Morgan fingerprint density at radius 3 is 2.88 bits per heavy atom. The highest BCUT2D eigenvalue weighted by Crippen LogP contribution is 2.11. The van der Waals surface area contributed by atoms with Gasteiger partial charge in [0.1, 0.15) is 5.82 Å². The number of thioether (sulfide) groups is 1. The lowest BCUT2D eigenvalue weighted by molar-refractivity contribution is 0.588. The molecular formula is C13H23N3S. The lowest BCUT2D eigenvalue weighted by atomic mass is 10.2. The van der Waals surface area contributed by atoms with Crippen LogP contribution >= 0.6 is 11.8 Å². The molecule has 0 spiro atoms. The van der Waals surface area contributed by atoms with Gasteiger partial charge in [-0.3, -0.25) is 0 Å². The van der Waals surface area contributed by atoms with Gasteiger partial charge in [-0.15, -0.1) is 0 Å². The van der Waals surface area contributed by atoms with Crippen molar-refractivity contribution in [2.75, 3.05) is 30.5 Å². The number of aromatic nitrogens is 1. The van der Waals surface area contributed by atoms with Crippen molar-refractivity contribution in [3.8, 4) is 0 Å². The van der Waals surface area contributed by atoms with Crippen molar-refractivity contribution in [2.45, 2.75) is 26.4 Å². The second-order valence-electron chi connectivity index (χ2n) is 4.47. The minimum atomic E-state index is 0.515. The van der Waals surface area contributed by atoms with Crippen LogP contribution in [0.25, 0.3) is 0 Å². The summed E-state index contributed by atoms with van der Waals surface area (Å²) in [5.74, 6) is 2.19. The van der Waals surface area contributed by atoms with E-state index in [4.69, 9.17) is 0 Å². The molecule has 0 aliphatic carbocycles. The van der Waals surface area contributed by atoms with Gasteiger partial charge in [0, 0.05) is 38.1 Å². The molecule has 17 heavy (non-hydrogen) atoms. The highest BCUT2D eigenvalue weighted by molar-refractivity contribution is 7.98. The van der Waals surface area contributed by atoms with E-state index in [2.05, 4.69) is 54.5 Å². The summed E-state index contributed by atoms with van der Waals surface area (Å²) in [6, 6.07) is 4.75. The fraction of sp³-hybridized carbons (Fsp3) is 0.615. The molecule has 0 amide bonds. The first-order valence-corrected chi connectivity index (χ1v) is 7.41. The smallest absolute Gasteiger partial charge is 0.128 e. The Bertz CT molecular complexity index is 328. The molecule has 0 radical (unpaired) electrons. The van der Waals surface area contributed by atoms with Crippen LogP contribution in [0.5, 0.6) is 0 Å². The summed E-state index contributed by atoms with van der Waals surface area (Å²) in [6.07, 6.45) is 4.02. The predicted molar refractivity (Wildman–Crippen MR) is 77.9 cm³/mol. The maximum absolute atomic E-state index is 4.41. The van der Waals surface area contributed by atoms with E-state index in [9.17, 15) is 0 Å². The molecule has 0 atom stereocenters. The van der Waals surface area contributed by atoms with Gasteiger partial charge in [-0.25, -0.2) is 4.98 Å². The third-order valence-electron chi connectivity index (χ3n) is 2.55. The zero-order valence-corrected chi connectivity index (χ0v) is 12.0. The van der Waals surface area contributed by atoms with Gasteiger partial charge < -0.3 is 10.2 Å². The molecule has 0 fully saturated rings. The number of anilines is 1. The van der Waals surface area contributed by atoms with E-state index in [1.165, 1.54) is 5.56 Å². The van der Waals surface area contributed by atoms with Crippen LogP contribution in [-0.4, -0.2) is 36.6 Å². The van der Waals surface area contributed by atoms with Crippen LogP contribution in [0.4, 0.5) is 5.82 Å². The molecular weight excluding hydrogens is 230 g/mol. The first kappa shape index (κ1) is 14.3. The largest absolute Gasteiger partial charge is 0.359 e. The molecule has 1 rings (SSSR count). The van der Waals surface area contributed by atoms with E-state index in [1.54, 1.807) is 0 Å². The number of nitrogens with one attached hydrogen (secondary N) is 1. The Kier molecular flexibility index (Phi) is 6.37. The van der Waals surface area contributed by atoms with Crippen LogP contribution < -0.4 is 10.2 Å². The van der Waals surface area contributed by atoms with Crippen molar-refractivity contribution in [1.29, 1.82) is 0 Å². The molecule has 96 valence electrons. The minimum Gasteiger partial charge on any atom is -0.359 e. The first-order valence-electron chi connectivity index (χ1n) is 6.02. The Morgan fingerprint density at radius 2 is 2.24 bits per heavy atom. The normalized spacial score (nSPS) is 10.9. The maximum atomic E-state index is 4.41. The fourth-order valence-electron chi connectivity index (χ4n) is 1.44. The Labute approximate surface area is 109 Å². The van der Waals surface area contributed by atoms with Crippen LogP contribution in [0.1, 0.15) is 19.4 Å². The summed E-state index contributed by atoms with van der Waals surface area (Å²) in [5.41, 5.74) is 1.29. The fourth-order valence-corrected chi connectivity index (χ4v) is 1.90. The van der Waals surface area contributed by atoms with E-state index in [1.807, 2.05) is 18.0 Å². The Hall–Kier alpha value is -0.740. The molecule has 0 aliphatic rings. The number of pyridine rings is 1. The van der Waals surface area contributed by atoms with Gasteiger partial charge in [0.25, 0.3) is 0 Å². The zero-order chi connectivity index (χ0) is 12.7. The quantitative estimate of drug-likeness (QED) is 0.807. The Balaban J connectivity index is 2.58. The number of nitrogens with zero attached hydrogens (tertiary/aromatic N) is 2. The molecule has 0 unspecified atom stereocenters. The second kappa shape index (κ2) is 7.56. The van der Waals surface area contributed by atoms with E-state index in [-0.39, 0.29) is 0 Å². The molecule has 4 heteroatoms. The predicted octanol–water partition coefficient (Wildman–Crippen LogP) is 2.38. The van der Waals surface area contributed by atoms with Gasteiger partial charge in [0.15, 0.2) is 0 Å². The van der Waals surface area contributed by atoms with Crippen molar-refractivity contribution in [3.05, 3.63) is 23.9 Å².